The van der Waals surface area contributed by atoms with E-state index in [1.54, 1.807) is 49.1 Å². The Bertz CT molecular complexity index is 1240. The largest absolute Gasteiger partial charge is 0.363 e. The van der Waals surface area contributed by atoms with Crippen LogP contribution in [0.4, 0.5) is 0 Å². The van der Waals surface area contributed by atoms with E-state index in [0.717, 1.165) is 22.6 Å². The summed E-state index contributed by atoms with van der Waals surface area (Å²) in [5.41, 5.74) is 7.50. The molecule has 10 nitrogen and oxygen atoms in total. The van der Waals surface area contributed by atoms with Crippen LogP contribution in [0.15, 0.2) is 49.1 Å². The van der Waals surface area contributed by atoms with E-state index in [1.807, 2.05) is 0 Å². The van der Waals surface area contributed by atoms with Gasteiger partial charge in [0.1, 0.15) is 11.7 Å². The highest BCUT2D eigenvalue weighted by molar-refractivity contribution is 6.99. The van der Waals surface area contributed by atoms with Crippen LogP contribution in [-0.4, -0.2) is 47.3 Å². The van der Waals surface area contributed by atoms with E-state index in [4.69, 9.17) is 5.73 Å². The number of hydrogen-bond acceptors (Lipinski definition) is 8. The smallest absolute Gasteiger partial charge is 0.287 e. The number of H-pyrrole nitrogens is 1. The average Bonchev–Trinajstić information content (AvgIpc) is 3.41. The fourth-order valence-corrected chi connectivity index (χ4v) is 3.58. The van der Waals surface area contributed by atoms with Gasteiger partial charge in [-0.05, 0) is 23.8 Å². The van der Waals surface area contributed by atoms with E-state index in [-0.39, 0.29) is 12.1 Å². The molecule has 0 aliphatic carbocycles. The van der Waals surface area contributed by atoms with Crippen molar-refractivity contribution in [2.24, 2.45) is 5.73 Å². The quantitative estimate of drug-likeness (QED) is 0.374. The molecule has 0 saturated carbocycles. The van der Waals surface area contributed by atoms with Gasteiger partial charge in [-0.2, -0.15) is 8.75 Å². The molecule has 0 aliphatic rings. The number of carbonyl (C=O) groups excluding carboxylic acids is 3. The van der Waals surface area contributed by atoms with Gasteiger partial charge in [-0.15, -0.1) is 0 Å². The van der Waals surface area contributed by atoms with Crippen molar-refractivity contribution in [1.29, 1.82) is 0 Å². The normalized spacial score (nSPS) is 11.9. The minimum Gasteiger partial charge on any atom is -0.363 e. The molecule has 1 atom stereocenters. The van der Waals surface area contributed by atoms with Crippen molar-refractivity contribution < 1.29 is 14.4 Å². The van der Waals surface area contributed by atoms with Gasteiger partial charge in [0.15, 0.2) is 5.69 Å². The molecule has 4 aromatic heterocycles. The Kier molecular flexibility index (Phi) is 5.26. The van der Waals surface area contributed by atoms with Crippen LogP contribution >= 0.6 is 11.7 Å². The highest BCUT2D eigenvalue weighted by Crippen LogP contribution is 2.21. The summed E-state index contributed by atoms with van der Waals surface area (Å²) >= 11 is 0.848. The zero-order valence-electron chi connectivity index (χ0n) is 15.4. The summed E-state index contributed by atoms with van der Waals surface area (Å²) in [5.74, 6) is -2.70. The predicted octanol–water partition coefficient (Wildman–Crippen LogP) is 0.872. The third-order valence-electron chi connectivity index (χ3n) is 4.47. The third kappa shape index (κ3) is 3.78. The van der Waals surface area contributed by atoms with Crippen LogP contribution < -0.4 is 11.1 Å². The van der Waals surface area contributed by atoms with Crippen LogP contribution in [0.3, 0.4) is 0 Å². The zero-order chi connectivity index (χ0) is 21.1. The number of aromatic nitrogens is 5. The second kappa shape index (κ2) is 8.17. The summed E-state index contributed by atoms with van der Waals surface area (Å²) < 4.78 is 8.16. The molecule has 0 aromatic carbocycles. The van der Waals surface area contributed by atoms with Gasteiger partial charge in [0.05, 0.1) is 17.4 Å². The van der Waals surface area contributed by atoms with Gasteiger partial charge in [-0.1, -0.05) is 6.07 Å². The molecule has 30 heavy (non-hydrogen) atoms. The first kappa shape index (κ1) is 19.3. The Morgan fingerprint density at radius 1 is 1.17 bits per heavy atom. The van der Waals surface area contributed by atoms with Crippen molar-refractivity contribution in [3.8, 4) is 11.4 Å². The molecule has 11 heteroatoms. The Balaban J connectivity index is 1.62. The maximum absolute atomic E-state index is 12.9. The Labute approximate surface area is 173 Å². The minimum absolute atomic E-state index is 0.0153. The number of ketones is 1. The molecule has 0 spiro atoms. The van der Waals surface area contributed by atoms with Crippen LogP contribution in [0.1, 0.15) is 16.1 Å². The second-order valence-corrected chi connectivity index (χ2v) is 6.90. The first-order valence-electron chi connectivity index (χ1n) is 8.83. The Hall–Kier alpha value is -3.99. The number of nitrogens with one attached hydrogen (secondary N) is 2. The van der Waals surface area contributed by atoms with Gasteiger partial charge in [0.25, 0.3) is 11.8 Å². The Morgan fingerprint density at radius 2 is 2.03 bits per heavy atom. The number of pyridine rings is 2. The number of Topliss-reactive ketones (excluding diaryl/α,β-unsaturated/α-hetero) is 1. The number of rotatable bonds is 7. The molecule has 150 valence electrons. The minimum atomic E-state index is -1.17. The fourth-order valence-electron chi connectivity index (χ4n) is 3.02. The maximum atomic E-state index is 12.9. The molecule has 0 bridgehead atoms. The number of nitrogens with zero attached hydrogens (tertiary/aromatic N) is 4. The number of amides is 2. The summed E-state index contributed by atoms with van der Waals surface area (Å²) in [6.07, 6.45) is 6.59. The molecule has 0 saturated heterocycles. The second-order valence-electron chi connectivity index (χ2n) is 6.37. The number of aromatic amines is 1. The number of carbonyl (C=O) groups is 3. The van der Waals surface area contributed by atoms with E-state index < -0.39 is 23.6 Å². The van der Waals surface area contributed by atoms with E-state index in [9.17, 15) is 14.4 Å². The summed E-state index contributed by atoms with van der Waals surface area (Å²) in [7, 11) is 0. The van der Waals surface area contributed by atoms with E-state index >= 15 is 0 Å². The number of nitrogens with two attached hydrogens (primary N) is 1. The van der Waals surface area contributed by atoms with Gasteiger partial charge >= 0.3 is 0 Å². The van der Waals surface area contributed by atoms with Crippen LogP contribution in [-0.2, 0) is 16.0 Å². The van der Waals surface area contributed by atoms with Crippen LogP contribution in [0.25, 0.3) is 22.3 Å². The Morgan fingerprint density at radius 3 is 2.80 bits per heavy atom. The zero-order valence-corrected chi connectivity index (χ0v) is 16.2. The maximum Gasteiger partial charge on any atom is 0.287 e. The lowest BCUT2D eigenvalue weighted by molar-refractivity contribution is -0.137. The standard InChI is InChI=1S/C19H15N7O3S/c20-18(28)17(27)14(7-10-8-23-12-4-6-21-9-11(10)12)24-19(29)16-15(25-30-26-16)13-3-1-2-5-22-13/h1-6,8-9,14,23H,7H2,(H2,20,28)(H,24,29). The molecule has 1 unspecified atom stereocenters. The lowest BCUT2D eigenvalue weighted by Crippen LogP contribution is -2.47. The summed E-state index contributed by atoms with van der Waals surface area (Å²) in [6, 6.07) is 5.79. The molecule has 4 aromatic rings. The van der Waals surface area contributed by atoms with Crippen molar-refractivity contribution in [1.82, 2.24) is 29.0 Å². The van der Waals surface area contributed by atoms with Gasteiger partial charge in [0, 0.05) is 42.1 Å². The van der Waals surface area contributed by atoms with Gasteiger partial charge in [-0.3, -0.25) is 24.4 Å². The molecule has 0 radical (unpaired) electrons. The molecule has 0 fully saturated rings. The number of hydrogen-bond donors (Lipinski definition) is 3. The molecule has 4 rings (SSSR count). The fraction of sp³-hybridized carbons (Fsp3) is 0.105. The van der Waals surface area contributed by atoms with Crippen molar-refractivity contribution in [2.45, 2.75) is 12.5 Å². The monoisotopic (exact) mass is 421 g/mol. The van der Waals surface area contributed by atoms with E-state index in [1.165, 1.54) is 0 Å². The summed E-state index contributed by atoms with van der Waals surface area (Å²) in [5, 5.41) is 3.34. The molecule has 4 N–H and O–H groups in total. The topological polar surface area (TPSA) is 157 Å². The highest BCUT2D eigenvalue weighted by atomic mass is 32.1. The van der Waals surface area contributed by atoms with E-state index in [0.29, 0.717) is 17.0 Å². The van der Waals surface area contributed by atoms with Gasteiger partial charge in [0.2, 0.25) is 5.78 Å². The van der Waals surface area contributed by atoms with Crippen molar-refractivity contribution in [2.75, 3.05) is 0 Å². The SMILES string of the molecule is NC(=O)C(=O)C(Cc1c[nH]c2ccncc12)NC(=O)c1nsnc1-c1ccccn1. The summed E-state index contributed by atoms with van der Waals surface area (Å²) in [6.45, 7) is 0. The van der Waals surface area contributed by atoms with Gasteiger partial charge < -0.3 is 16.0 Å². The molecular formula is C19H15N7O3S. The molecule has 4 heterocycles. The summed E-state index contributed by atoms with van der Waals surface area (Å²) in [4.78, 5) is 48.1. The van der Waals surface area contributed by atoms with Crippen molar-refractivity contribution in [3.63, 3.8) is 0 Å². The number of primary amides is 1. The average molecular weight is 421 g/mol. The number of fused-ring (bicyclic) bond motifs is 1. The highest BCUT2D eigenvalue weighted by Gasteiger charge is 2.29. The van der Waals surface area contributed by atoms with Crippen LogP contribution in [0, 0.1) is 0 Å². The predicted molar refractivity (Wildman–Crippen MR) is 108 cm³/mol. The lowest BCUT2D eigenvalue weighted by Gasteiger charge is -2.15. The molecular weight excluding hydrogens is 406 g/mol. The first-order valence-corrected chi connectivity index (χ1v) is 9.56. The third-order valence-corrected chi connectivity index (χ3v) is 5.00. The lowest BCUT2D eigenvalue weighted by atomic mass is 10.0. The molecule has 2 amide bonds. The van der Waals surface area contributed by atoms with Crippen molar-refractivity contribution in [3.05, 3.63) is 60.3 Å². The van der Waals surface area contributed by atoms with Crippen LogP contribution in [0.2, 0.25) is 0 Å². The van der Waals surface area contributed by atoms with Crippen molar-refractivity contribution >= 4 is 40.2 Å². The first-order chi connectivity index (χ1) is 14.5. The van der Waals surface area contributed by atoms with E-state index in [2.05, 4.69) is 29.0 Å². The van der Waals surface area contributed by atoms with Gasteiger partial charge in [-0.25, -0.2) is 0 Å². The van der Waals surface area contributed by atoms with Crippen LogP contribution in [0.5, 0.6) is 0 Å². The molecule has 0 aliphatic heterocycles.